The predicted octanol–water partition coefficient (Wildman–Crippen LogP) is 11.6. The van der Waals surface area contributed by atoms with E-state index in [0.29, 0.717) is 63.3 Å². The number of fused-ring (bicyclic) bond motifs is 2. The molecular weight excluding hydrogens is 1030 g/mol. The third-order valence-corrected chi connectivity index (χ3v) is 12.9. The lowest BCUT2D eigenvalue weighted by Gasteiger charge is -2.39. The van der Waals surface area contributed by atoms with Gasteiger partial charge in [0, 0.05) is 62.3 Å². The number of amides is 3. The zero-order valence-corrected chi connectivity index (χ0v) is 44.3. The van der Waals surface area contributed by atoms with E-state index in [-0.39, 0.29) is 65.3 Å². The van der Waals surface area contributed by atoms with Gasteiger partial charge in [-0.2, -0.15) is 10.2 Å². The highest BCUT2D eigenvalue weighted by molar-refractivity contribution is 6.03. The highest BCUT2D eigenvalue weighted by Crippen LogP contribution is 2.44. The molecule has 5 heterocycles. The fraction of sp³-hybridized carbons (Fsp3) is 0.293. The van der Waals surface area contributed by atoms with Crippen LogP contribution in [0.5, 0.6) is 0 Å². The van der Waals surface area contributed by atoms with E-state index in [0.717, 1.165) is 54.8 Å². The molecule has 0 atom stereocenters. The Morgan fingerprint density at radius 2 is 0.975 bits per heavy atom. The summed E-state index contributed by atoms with van der Waals surface area (Å²) in [7, 11) is 0. The maximum Gasteiger partial charge on any atom is 0.410 e. The van der Waals surface area contributed by atoms with Crippen molar-refractivity contribution in [3.05, 3.63) is 143 Å². The van der Waals surface area contributed by atoms with E-state index >= 15 is 0 Å². The Morgan fingerprint density at radius 3 is 1.32 bits per heavy atom. The Kier molecular flexibility index (Phi) is 15.6. The topological polar surface area (TPSA) is 202 Å². The number of esters is 2. The van der Waals surface area contributed by atoms with E-state index in [9.17, 15) is 41.5 Å². The number of hydrogen-bond donors (Lipinski definition) is 2. The summed E-state index contributed by atoms with van der Waals surface area (Å²) in [5.41, 5.74) is 5.31. The van der Waals surface area contributed by atoms with Crippen LogP contribution in [0.2, 0.25) is 0 Å². The van der Waals surface area contributed by atoms with E-state index in [1.807, 2.05) is 12.1 Å². The molecule has 0 radical (unpaired) electrons. The van der Waals surface area contributed by atoms with Crippen molar-refractivity contribution >= 4 is 63.3 Å². The summed E-state index contributed by atoms with van der Waals surface area (Å²) in [5, 5.41) is 16.2. The lowest BCUT2D eigenvalue weighted by Crippen LogP contribution is -2.50. The zero-order chi connectivity index (χ0) is 56.4. The lowest BCUT2D eigenvalue weighted by atomic mass is 9.81. The second-order valence-electron chi connectivity index (χ2n) is 20.0. The fourth-order valence-corrected chi connectivity index (χ4v) is 9.30. The van der Waals surface area contributed by atoms with Gasteiger partial charge in [-0.15, -0.1) is 0 Å². The van der Waals surface area contributed by atoms with Crippen LogP contribution in [0.3, 0.4) is 0 Å². The zero-order valence-electron chi connectivity index (χ0n) is 44.3. The normalized spacial score (nSPS) is 13.5. The number of anilines is 2. The maximum atomic E-state index is 14.3. The molecule has 17 nitrogen and oxygen atoms in total. The first-order valence-electron chi connectivity index (χ1n) is 25.5. The molecule has 2 N–H and O–H groups in total. The number of benzene rings is 4. The summed E-state index contributed by atoms with van der Waals surface area (Å²) in [4.78, 5) is 71.9. The molecule has 8 aromatic rings. The Hall–Kier alpha value is -9.01. The fourth-order valence-electron chi connectivity index (χ4n) is 9.30. The minimum absolute atomic E-state index is 0.0242. The Morgan fingerprint density at radius 1 is 0.582 bits per heavy atom. The number of halogens is 4. The van der Waals surface area contributed by atoms with Gasteiger partial charge in [-0.25, -0.2) is 51.3 Å². The molecule has 1 aliphatic carbocycles. The lowest BCUT2D eigenvalue weighted by molar-refractivity contribution is -0.115. The summed E-state index contributed by atoms with van der Waals surface area (Å²) >= 11 is 0. The molecule has 10 rings (SSSR count). The van der Waals surface area contributed by atoms with Crippen molar-refractivity contribution in [3.63, 3.8) is 0 Å². The van der Waals surface area contributed by atoms with E-state index in [4.69, 9.17) is 24.4 Å². The van der Waals surface area contributed by atoms with Gasteiger partial charge in [-0.05, 0) is 130 Å². The van der Waals surface area contributed by atoms with Crippen LogP contribution in [0.15, 0.2) is 97.1 Å². The van der Waals surface area contributed by atoms with E-state index in [1.165, 1.54) is 35.3 Å². The number of hydrogen-bond acceptors (Lipinski definition) is 12. The molecule has 0 bridgehead atoms. The molecule has 408 valence electrons. The van der Waals surface area contributed by atoms with Crippen LogP contribution in [-0.4, -0.2) is 96.2 Å². The highest BCUT2D eigenvalue weighted by atomic mass is 19.1. The minimum Gasteiger partial charge on any atom is -0.461 e. The van der Waals surface area contributed by atoms with Gasteiger partial charge >= 0.3 is 18.0 Å². The third-order valence-electron chi connectivity index (χ3n) is 12.9. The highest BCUT2D eigenvalue weighted by Gasteiger charge is 2.39. The minimum atomic E-state index is -0.810. The van der Waals surface area contributed by atoms with Crippen LogP contribution in [0.4, 0.5) is 33.7 Å². The van der Waals surface area contributed by atoms with Gasteiger partial charge in [-0.3, -0.25) is 9.59 Å². The number of pyridine rings is 2. The first-order valence-corrected chi connectivity index (χ1v) is 25.5. The smallest absolute Gasteiger partial charge is 0.410 e. The number of carbonyl (C=O) groups excluding carboxylic acids is 5. The SMILES string of the molecule is CCOC(=O)c1cc(-c2ccc(NC(C)=O)cc2)c2c(C3CCC3)nn(-c3cc(F)cc(F)c3)c2n1.CCOC(=O)c1cc(-c2ccc(NC(C)=O)cc2)c2c(C3CN(C(=O)OC(C)(C)C)C3)nn(-c3cc(F)cc(F)c3)c2n1. The standard InChI is InChI=1S/C31H31F2N5O5.C27H24F2N4O3/c1-6-42-29(40)25-14-24(18-7-9-22(10-8-18)34-17(2)39)26-27(19-15-37(16-19)30(41)43-31(3,4)5)36-38(28(26)35-25)23-12-20(32)11-21(33)13-23;1-3-36-27(35)23-14-22(16-7-9-20(10-8-16)30-15(2)34)24-25(17-5-4-6-17)32-33(26(24)31-23)21-12-18(28)11-19(29)13-21/h7-14,19H,6,15-16H2,1-5H3,(H,34,39);7-14,17H,3-6H2,1-2H3,(H,30,34). The molecule has 0 spiro atoms. The third kappa shape index (κ3) is 12.1. The number of likely N-dealkylation sites (tertiary alicyclic amines) is 1. The van der Waals surface area contributed by atoms with Crippen molar-refractivity contribution in [2.75, 3.05) is 36.9 Å². The van der Waals surface area contributed by atoms with Gasteiger partial charge in [-0.1, -0.05) is 30.7 Å². The van der Waals surface area contributed by atoms with Crippen LogP contribution in [-0.2, 0) is 23.8 Å². The number of rotatable bonds is 12. The average Bonchev–Trinajstić information content (AvgIpc) is 4.15. The van der Waals surface area contributed by atoms with Crippen LogP contribution >= 0.6 is 0 Å². The maximum absolute atomic E-state index is 14.3. The Balaban J connectivity index is 0.000000195. The van der Waals surface area contributed by atoms with Crippen molar-refractivity contribution in [1.82, 2.24) is 34.4 Å². The van der Waals surface area contributed by atoms with Crippen LogP contribution < -0.4 is 10.6 Å². The van der Waals surface area contributed by atoms with Crippen LogP contribution in [0.1, 0.15) is 112 Å². The van der Waals surface area contributed by atoms with Crippen molar-refractivity contribution in [3.8, 4) is 33.6 Å². The van der Waals surface area contributed by atoms with E-state index < -0.39 is 46.9 Å². The van der Waals surface area contributed by atoms with E-state index in [1.54, 1.807) is 88.0 Å². The van der Waals surface area contributed by atoms with Gasteiger partial charge in [0.2, 0.25) is 11.8 Å². The summed E-state index contributed by atoms with van der Waals surface area (Å²) in [6.45, 7) is 12.4. The largest absolute Gasteiger partial charge is 0.461 e. The van der Waals surface area contributed by atoms with Gasteiger partial charge in [0.05, 0.1) is 46.7 Å². The molecule has 1 aliphatic heterocycles. The number of nitrogens with zero attached hydrogens (tertiary/aromatic N) is 7. The summed E-state index contributed by atoms with van der Waals surface area (Å²) < 4.78 is 75.6. The molecule has 0 unspecified atom stereocenters. The molecule has 2 fully saturated rings. The van der Waals surface area contributed by atoms with Gasteiger partial charge in [0.25, 0.3) is 0 Å². The molecule has 1 saturated heterocycles. The Bertz CT molecular complexity index is 3640. The van der Waals surface area contributed by atoms with Gasteiger partial charge in [0.15, 0.2) is 22.7 Å². The second kappa shape index (κ2) is 22.5. The van der Waals surface area contributed by atoms with Crippen molar-refractivity contribution in [1.29, 1.82) is 0 Å². The van der Waals surface area contributed by atoms with Crippen LogP contribution in [0, 0.1) is 23.3 Å². The van der Waals surface area contributed by atoms with Crippen LogP contribution in [0.25, 0.3) is 55.7 Å². The van der Waals surface area contributed by atoms with Gasteiger partial charge in [0.1, 0.15) is 28.9 Å². The monoisotopic (exact) mass is 1080 g/mol. The molecule has 1 saturated carbocycles. The molecular formula is C58H55F4N9O8. The van der Waals surface area contributed by atoms with E-state index in [2.05, 4.69) is 20.6 Å². The number of carbonyl (C=O) groups is 5. The number of ether oxygens (including phenoxy) is 3. The quantitative estimate of drug-likeness (QED) is 0.0667. The Labute approximate surface area is 450 Å². The molecule has 79 heavy (non-hydrogen) atoms. The molecule has 21 heteroatoms. The summed E-state index contributed by atoms with van der Waals surface area (Å²) in [5.74, 6) is -4.90. The summed E-state index contributed by atoms with van der Waals surface area (Å²) in [6.07, 6.45) is 2.47. The number of aromatic nitrogens is 6. The predicted molar refractivity (Wildman–Crippen MR) is 286 cm³/mol. The average molecular weight is 1080 g/mol. The van der Waals surface area contributed by atoms with Crippen molar-refractivity contribution in [2.45, 2.75) is 85.2 Å². The van der Waals surface area contributed by atoms with Gasteiger partial charge < -0.3 is 29.7 Å². The second-order valence-corrected chi connectivity index (χ2v) is 20.0. The van der Waals surface area contributed by atoms with Crippen molar-refractivity contribution < 1.29 is 55.7 Å². The first-order chi connectivity index (χ1) is 37.7. The number of nitrogens with one attached hydrogen (secondary N) is 2. The molecule has 4 aromatic carbocycles. The summed E-state index contributed by atoms with van der Waals surface area (Å²) in [6, 6.07) is 23.6. The first kappa shape index (κ1) is 54.8. The molecule has 4 aromatic heterocycles. The molecule has 2 aliphatic rings. The molecule has 3 amide bonds. The van der Waals surface area contributed by atoms with Crippen molar-refractivity contribution in [2.24, 2.45) is 0 Å².